The molecule has 1 rings (SSSR count). The smallest absolute Gasteiger partial charge is 0.431 e. The highest BCUT2D eigenvalue weighted by molar-refractivity contribution is 5.65. The number of benzene rings is 1. The van der Waals surface area contributed by atoms with Crippen LogP contribution in [0.2, 0.25) is 0 Å². The van der Waals surface area contributed by atoms with Crippen LogP contribution in [0.1, 0.15) is 18.1 Å². The maximum Gasteiger partial charge on any atom is 0.431 e. The molecule has 0 saturated heterocycles. The van der Waals surface area contributed by atoms with Crippen LogP contribution in [0.5, 0.6) is 0 Å². The molecule has 0 aromatic heterocycles. The van der Waals surface area contributed by atoms with Crippen molar-refractivity contribution >= 4 is 6.09 Å². The molecular formula is C12H17NO4. The van der Waals surface area contributed by atoms with E-state index in [1.54, 1.807) is 6.92 Å². The summed E-state index contributed by atoms with van der Waals surface area (Å²) in [4.78, 5) is 15.8. The molecule has 94 valence electrons. The number of hydrogen-bond donors (Lipinski definition) is 2. The van der Waals surface area contributed by atoms with Crippen LogP contribution in [-0.4, -0.2) is 24.4 Å². The zero-order valence-electron chi connectivity index (χ0n) is 9.81. The van der Waals surface area contributed by atoms with E-state index in [0.717, 1.165) is 11.1 Å². The second-order valence-corrected chi connectivity index (χ2v) is 3.35. The summed E-state index contributed by atoms with van der Waals surface area (Å²) in [7, 11) is 0. The van der Waals surface area contributed by atoms with Crippen LogP contribution >= 0.6 is 0 Å². The Morgan fingerprint density at radius 2 is 2.06 bits per heavy atom. The SMILES string of the molecule is CCOC(=O)NOCCc1ccccc1CO. The van der Waals surface area contributed by atoms with Gasteiger partial charge in [0.1, 0.15) is 0 Å². The first-order chi connectivity index (χ1) is 8.27. The highest BCUT2D eigenvalue weighted by atomic mass is 16.7. The summed E-state index contributed by atoms with van der Waals surface area (Å²) in [6.45, 7) is 2.36. The average molecular weight is 239 g/mol. The third kappa shape index (κ3) is 4.84. The van der Waals surface area contributed by atoms with E-state index in [-0.39, 0.29) is 6.61 Å². The molecule has 0 unspecified atom stereocenters. The number of rotatable bonds is 6. The number of aliphatic hydroxyl groups is 1. The predicted molar refractivity (Wildman–Crippen MR) is 62.2 cm³/mol. The third-order valence-electron chi connectivity index (χ3n) is 2.19. The van der Waals surface area contributed by atoms with E-state index in [0.29, 0.717) is 19.6 Å². The summed E-state index contributed by atoms with van der Waals surface area (Å²) >= 11 is 0. The summed E-state index contributed by atoms with van der Waals surface area (Å²) in [5, 5.41) is 9.10. The van der Waals surface area contributed by atoms with Crippen LogP contribution in [0.15, 0.2) is 24.3 Å². The number of carbonyl (C=O) groups is 1. The normalized spacial score (nSPS) is 10.0. The van der Waals surface area contributed by atoms with E-state index in [1.807, 2.05) is 24.3 Å². The highest BCUT2D eigenvalue weighted by Gasteiger charge is 2.02. The van der Waals surface area contributed by atoms with Crippen LogP contribution in [0.25, 0.3) is 0 Å². The summed E-state index contributed by atoms with van der Waals surface area (Å²) in [6, 6.07) is 7.54. The summed E-state index contributed by atoms with van der Waals surface area (Å²) in [5.74, 6) is 0. The maximum absolute atomic E-state index is 10.9. The lowest BCUT2D eigenvalue weighted by atomic mass is 10.1. The lowest BCUT2D eigenvalue weighted by Crippen LogP contribution is -2.25. The van der Waals surface area contributed by atoms with Crippen molar-refractivity contribution < 1.29 is 19.5 Å². The number of hydroxylamine groups is 1. The van der Waals surface area contributed by atoms with Crippen molar-refractivity contribution in [1.82, 2.24) is 5.48 Å². The monoisotopic (exact) mass is 239 g/mol. The molecule has 17 heavy (non-hydrogen) atoms. The van der Waals surface area contributed by atoms with Gasteiger partial charge in [-0.3, -0.25) is 4.84 Å². The first kappa shape index (κ1) is 13.5. The Morgan fingerprint density at radius 1 is 1.35 bits per heavy atom. The number of nitrogens with one attached hydrogen (secondary N) is 1. The van der Waals surface area contributed by atoms with Gasteiger partial charge in [0.05, 0.1) is 19.8 Å². The van der Waals surface area contributed by atoms with Crippen LogP contribution in [0.4, 0.5) is 4.79 Å². The molecule has 5 heteroatoms. The van der Waals surface area contributed by atoms with Crippen LogP contribution in [-0.2, 0) is 22.6 Å². The van der Waals surface area contributed by atoms with E-state index in [4.69, 9.17) is 9.94 Å². The Hall–Kier alpha value is -1.59. The molecule has 0 bridgehead atoms. The van der Waals surface area contributed by atoms with Gasteiger partial charge in [-0.15, -0.1) is 0 Å². The molecule has 5 nitrogen and oxygen atoms in total. The quantitative estimate of drug-likeness (QED) is 0.581. The molecular weight excluding hydrogens is 222 g/mol. The summed E-state index contributed by atoms with van der Waals surface area (Å²) < 4.78 is 4.62. The number of amides is 1. The van der Waals surface area contributed by atoms with Gasteiger partial charge in [-0.05, 0) is 24.5 Å². The number of ether oxygens (including phenoxy) is 1. The van der Waals surface area contributed by atoms with E-state index < -0.39 is 6.09 Å². The maximum atomic E-state index is 10.9. The second kappa shape index (κ2) is 7.65. The van der Waals surface area contributed by atoms with Crippen molar-refractivity contribution in [3.8, 4) is 0 Å². The predicted octanol–water partition coefficient (Wildman–Crippen LogP) is 1.40. The number of hydrogen-bond acceptors (Lipinski definition) is 4. The van der Waals surface area contributed by atoms with Crippen LogP contribution < -0.4 is 5.48 Å². The van der Waals surface area contributed by atoms with Crippen LogP contribution in [0.3, 0.4) is 0 Å². The Balaban J connectivity index is 2.28. The zero-order valence-corrected chi connectivity index (χ0v) is 9.81. The molecule has 0 aliphatic heterocycles. The van der Waals surface area contributed by atoms with Gasteiger partial charge in [0.25, 0.3) is 0 Å². The summed E-state index contributed by atoms with van der Waals surface area (Å²) in [6.07, 6.45) is 0.0197. The molecule has 0 saturated carbocycles. The van der Waals surface area contributed by atoms with Gasteiger partial charge in [-0.25, -0.2) is 4.79 Å². The molecule has 0 aliphatic rings. The fourth-order valence-corrected chi connectivity index (χ4v) is 1.39. The fraction of sp³-hybridized carbons (Fsp3) is 0.417. The molecule has 1 amide bonds. The van der Waals surface area contributed by atoms with Crippen molar-refractivity contribution in [3.05, 3.63) is 35.4 Å². The van der Waals surface area contributed by atoms with Gasteiger partial charge in [-0.1, -0.05) is 24.3 Å². The van der Waals surface area contributed by atoms with E-state index in [2.05, 4.69) is 10.2 Å². The molecule has 0 atom stereocenters. The minimum absolute atomic E-state index is 0.00147. The first-order valence-corrected chi connectivity index (χ1v) is 5.50. The lowest BCUT2D eigenvalue weighted by molar-refractivity contribution is 0.0309. The highest BCUT2D eigenvalue weighted by Crippen LogP contribution is 2.09. The van der Waals surface area contributed by atoms with Crippen molar-refractivity contribution in [2.45, 2.75) is 20.0 Å². The van der Waals surface area contributed by atoms with E-state index in [9.17, 15) is 4.79 Å². The van der Waals surface area contributed by atoms with Gasteiger partial charge in [0.2, 0.25) is 0 Å². The Labute approximate surface area is 100 Å². The second-order valence-electron chi connectivity index (χ2n) is 3.35. The van der Waals surface area contributed by atoms with E-state index >= 15 is 0 Å². The fourth-order valence-electron chi connectivity index (χ4n) is 1.39. The average Bonchev–Trinajstić information content (AvgIpc) is 2.35. The van der Waals surface area contributed by atoms with E-state index in [1.165, 1.54) is 0 Å². The topological polar surface area (TPSA) is 67.8 Å². The molecule has 0 heterocycles. The lowest BCUT2D eigenvalue weighted by Gasteiger charge is -2.08. The van der Waals surface area contributed by atoms with Crippen molar-refractivity contribution in [1.29, 1.82) is 0 Å². The largest absolute Gasteiger partial charge is 0.448 e. The van der Waals surface area contributed by atoms with Gasteiger partial charge in [-0.2, -0.15) is 5.48 Å². The van der Waals surface area contributed by atoms with Crippen molar-refractivity contribution in [2.24, 2.45) is 0 Å². The van der Waals surface area contributed by atoms with Crippen molar-refractivity contribution in [2.75, 3.05) is 13.2 Å². The molecule has 0 radical (unpaired) electrons. The molecule has 1 aromatic carbocycles. The molecule has 0 fully saturated rings. The Kier molecular flexibility index (Phi) is 6.06. The summed E-state index contributed by atoms with van der Waals surface area (Å²) in [5.41, 5.74) is 4.04. The standard InChI is InChI=1S/C12H17NO4/c1-2-16-12(15)13-17-8-7-10-5-3-4-6-11(10)9-14/h3-6,14H,2,7-9H2,1H3,(H,13,15). The molecule has 2 N–H and O–H groups in total. The minimum atomic E-state index is -0.594. The molecule has 0 spiro atoms. The van der Waals surface area contributed by atoms with Crippen LogP contribution in [0, 0.1) is 0 Å². The Morgan fingerprint density at radius 3 is 2.71 bits per heavy atom. The van der Waals surface area contributed by atoms with Crippen molar-refractivity contribution in [3.63, 3.8) is 0 Å². The van der Waals surface area contributed by atoms with Gasteiger partial charge in [0.15, 0.2) is 0 Å². The van der Waals surface area contributed by atoms with Gasteiger partial charge >= 0.3 is 6.09 Å². The zero-order chi connectivity index (χ0) is 12.5. The molecule has 1 aromatic rings. The molecule has 0 aliphatic carbocycles. The van der Waals surface area contributed by atoms with Gasteiger partial charge in [0, 0.05) is 0 Å². The number of carbonyl (C=O) groups excluding carboxylic acids is 1. The third-order valence-corrected chi connectivity index (χ3v) is 2.19. The first-order valence-electron chi connectivity index (χ1n) is 5.50. The Bertz CT molecular complexity index is 354. The minimum Gasteiger partial charge on any atom is -0.448 e. The van der Waals surface area contributed by atoms with Gasteiger partial charge < -0.3 is 9.84 Å². The number of aliphatic hydroxyl groups excluding tert-OH is 1.